The summed E-state index contributed by atoms with van der Waals surface area (Å²) in [6.07, 6.45) is 6.56. The van der Waals surface area contributed by atoms with E-state index in [0.717, 1.165) is 19.3 Å². The van der Waals surface area contributed by atoms with Crippen LogP contribution in [0.4, 0.5) is 0 Å². The van der Waals surface area contributed by atoms with Gasteiger partial charge >= 0.3 is 0 Å². The van der Waals surface area contributed by atoms with E-state index < -0.39 is 5.60 Å². The molecule has 0 amide bonds. The molecule has 114 valence electrons. The van der Waals surface area contributed by atoms with Crippen molar-refractivity contribution in [2.24, 2.45) is 23.2 Å². The van der Waals surface area contributed by atoms with Gasteiger partial charge in [-0.1, -0.05) is 26.2 Å². The topological polar surface area (TPSA) is 40.5 Å². The van der Waals surface area contributed by atoms with Crippen molar-refractivity contribution in [2.45, 2.75) is 77.9 Å². The van der Waals surface area contributed by atoms with E-state index in [1.807, 2.05) is 0 Å². The normalized spacial score (nSPS) is 38.8. The molecular formula is C18H30O2. The lowest BCUT2D eigenvalue weighted by molar-refractivity contribution is -0.0264. The second-order valence-electron chi connectivity index (χ2n) is 7.80. The highest BCUT2D eigenvalue weighted by atomic mass is 16.3. The van der Waals surface area contributed by atoms with Crippen molar-refractivity contribution in [1.29, 1.82) is 0 Å². The SMILES string of the molecule is CC(CC#CC(C)(C)O)[C@H]1CC[C@H]2[C@@H](O)CCC[C@]12C. The summed E-state index contributed by atoms with van der Waals surface area (Å²) in [5.41, 5.74) is -0.587. The predicted octanol–water partition coefficient (Wildman–Crippen LogP) is 3.36. The second-order valence-corrected chi connectivity index (χ2v) is 7.80. The fourth-order valence-electron chi connectivity index (χ4n) is 4.69. The summed E-state index contributed by atoms with van der Waals surface area (Å²) in [5.74, 6) is 7.79. The largest absolute Gasteiger partial charge is 0.393 e. The van der Waals surface area contributed by atoms with E-state index in [2.05, 4.69) is 25.7 Å². The van der Waals surface area contributed by atoms with E-state index in [-0.39, 0.29) is 6.10 Å². The summed E-state index contributed by atoms with van der Waals surface area (Å²) in [6.45, 7) is 8.14. The van der Waals surface area contributed by atoms with Gasteiger partial charge in [-0.2, -0.15) is 0 Å². The number of rotatable bonds is 2. The van der Waals surface area contributed by atoms with E-state index in [1.54, 1.807) is 13.8 Å². The van der Waals surface area contributed by atoms with Crippen LogP contribution in [-0.2, 0) is 0 Å². The fourth-order valence-corrected chi connectivity index (χ4v) is 4.69. The third-order valence-corrected chi connectivity index (χ3v) is 5.67. The van der Waals surface area contributed by atoms with Gasteiger partial charge < -0.3 is 10.2 Å². The highest BCUT2D eigenvalue weighted by molar-refractivity contribution is 5.11. The van der Waals surface area contributed by atoms with Gasteiger partial charge in [0.25, 0.3) is 0 Å². The maximum atomic E-state index is 10.3. The van der Waals surface area contributed by atoms with Gasteiger partial charge in [-0.3, -0.25) is 0 Å². The van der Waals surface area contributed by atoms with Gasteiger partial charge in [0.1, 0.15) is 5.60 Å². The van der Waals surface area contributed by atoms with Crippen molar-refractivity contribution in [3.05, 3.63) is 0 Å². The quantitative estimate of drug-likeness (QED) is 0.760. The first kappa shape index (κ1) is 15.9. The number of hydrogen-bond donors (Lipinski definition) is 2. The molecule has 0 spiro atoms. The molecule has 0 aliphatic heterocycles. The summed E-state index contributed by atoms with van der Waals surface area (Å²) in [4.78, 5) is 0. The van der Waals surface area contributed by atoms with Crippen LogP contribution >= 0.6 is 0 Å². The lowest BCUT2D eigenvalue weighted by atomic mass is 9.61. The maximum Gasteiger partial charge on any atom is 0.119 e. The Hall–Kier alpha value is -0.520. The highest BCUT2D eigenvalue weighted by Crippen LogP contribution is 2.58. The Bertz CT molecular complexity index is 398. The Morgan fingerprint density at radius 2 is 2.00 bits per heavy atom. The van der Waals surface area contributed by atoms with Crippen LogP contribution in [0.2, 0.25) is 0 Å². The molecule has 0 aromatic heterocycles. The van der Waals surface area contributed by atoms with Crippen LogP contribution in [0, 0.1) is 35.0 Å². The number of fused-ring (bicyclic) bond motifs is 1. The summed E-state index contributed by atoms with van der Waals surface area (Å²) < 4.78 is 0. The third-order valence-electron chi connectivity index (χ3n) is 5.67. The Labute approximate surface area is 124 Å². The molecule has 2 heteroatoms. The molecule has 2 aliphatic carbocycles. The van der Waals surface area contributed by atoms with Crippen molar-refractivity contribution in [2.75, 3.05) is 0 Å². The average molecular weight is 278 g/mol. The van der Waals surface area contributed by atoms with Gasteiger partial charge in [-0.05, 0) is 62.7 Å². The van der Waals surface area contributed by atoms with Crippen LogP contribution in [0.1, 0.15) is 66.2 Å². The third kappa shape index (κ3) is 3.21. The highest BCUT2D eigenvalue weighted by Gasteiger charge is 2.51. The smallest absolute Gasteiger partial charge is 0.119 e. The zero-order chi connectivity index (χ0) is 15.0. The van der Waals surface area contributed by atoms with E-state index in [0.29, 0.717) is 23.2 Å². The predicted molar refractivity (Wildman–Crippen MR) is 82.0 cm³/mol. The first-order valence-corrected chi connectivity index (χ1v) is 8.14. The first-order chi connectivity index (χ1) is 9.24. The van der Waals surface area contributed by atoms with Gasteiger partial charge in [0, 0.05) is 6.42 Å². The van der Waals surface area contributed by atoms with E-state index >= 15 is 0 Å². The van der Waals surface area contributed by atoms with Crippen molar-refractivity contribution in [3.63, 3.8) is 0 Å². The summed E-state index contributed by atoms with van der Waals surface area (Å²) >= 11 is 0. The second kappa shape index (κ2) is 5.70. The van der Waals surface area contributed by atoms with Crippen molar-refractivity contribution in [3.8, 4) is 11.8 Å². The minimum Gasteiger partial charge on any atom is -0.393 e. The first-order valence-electron chi connectivity index (χ1n) is 8.14. The minimum absolute atomic E-state index is 0.0894. The monoisotopic (exact) mass is 278 g/mol. The molecular weight excluding hydrogens is 248 g/mol. The van der Waals surface area contributed by atoms with Gasteiger partial charge in [-0.25, -0.2) is 0 Å². The molecule has 2 rings (SSSR count). The molecule has 0 saturated heterocycles. The van der Waals surface area contributed by atoms with Crippen LogP contribution in [0.25, 0.3) is 0 Å². The molecule has 2 fully saturated rings. The Balaban J connectivity index is 2.03. The number of hydrogen-bond acceptors (Lipinski definition) is 2. The van der Waals surface area contributed by atoms with Gasteiger partial charge in [0.15, 0.2) is 0 Å². The van der Waals surface area contributed by atoms with Crippen molar-refractivity contribution >= 4 is 0 Å². The Morgan fingerprint density at radius 3 is 2.65 bits per heavy atom. The Morgan fingerprint density at radius 1 is 1.30 bits per heavy atom. The van der Waals surface area contributed by atoms with Crippen LogP contribution in [-0.4, -0.2) is 21.9 Å². The molecule has 0 heterocycles. The molecule has 0 aromatic rings. The van der Waals surface area contributed by atoms with Gasteiger partial charge in [-0.15, -0.1) is 5.92 Å². The van der Waals surface area contributed by atoms with Crippen molar-refractivity contribution in [1.82, 2.24) is 0 Å². The lowest BCUT2D eigenvalue weighted by Crippen LogP contribution is -2.41. The van der Waals surface area contributed by atoms with Crippen LogP contribution < -0.4 is 0 Å². The Kier molecular flexibility index (Phi) is 4.52. The maximum absolute atomic E-state index is 10.3. The molecule has 5 atom stereocenters. The molecule has 0 aromatic carbocycles. The molecule has 0 radical (unpaired) electrons. The summed E-state index contributed by atoms with van der Waals surface area (Å²) in [7, 11) is 0. The van der Waals surface area contributed by atoms with E-state index in [1.165, 1.54) is 19.3 Å². The fraction of sp³-hybridized carbons (Fsp3) is 0.889. The van der Waals surface area contributed by atoms with Crippen LogP contribution in [0.3, 0.4) is 0 Å². The van der Waals surface area contributed by atoms with Crippen LogP contribution in [0.5, 0.6) is 0 Å². The standard InChI is InChI=1S/C18H30O2/c1-13(7-5-11-17(2,3)20)14-9-10-15-16(19)8-6-12-18(14,15)4/h13-16,19-20H,6-10,12H2,1-4H3/t13?,14-,15+,16+,18-/m1/s1. The molecule has 1 unspecified atom stereocenters. The van der Waals surface area contributed by atoms with Gasteiger partial charge in [0.2, 0.25) is 0 Å². The van der Waals surface area contributed by atoms with Gasteiger partial charge in [0.05, 0.1) is 6.10 Å². The average Bonchev–Trinajstić information content (AvgIpc) is 2.66. The zero-order valence-corrected chi connectivity index (χ0v) is 13.4. The molecule has 2 saturated carbocycles. The summed E-state index contributed by atoms with van der Waals surface area (Å²) in [5, 5.41) is 19.9. The minimum atomic E-state index is -0.886. The molecule has 0 bridgehead atoms. The lowest BCUT2D eigenvalue weighted by Gasteiger charge is -2.45. The molecule has 2 N–H and O–H groups in total. The molecule has 20 heavy (non-hydrogen) atoms. The van der Waals surface area contributed by atoms with Crippen molar-refractivity contribution < 1.29 is 10.2 Å². The molecule has 2 aliphatic rings. The van der Waals surface area contributed by atoms with E-state index in [4.69, 9.17) is 0 Å². The van der Waals surface area contributed by atoms with E-state index in [9.17, 15) is 10.2 Å². The number of aliphatic hydroxyl groups excluding tert-OH is 1. The number of aliphatic hydroxyl groups is 2. The summed E-state index contributed by atoms with van der Waals surface area (Å²) in [6, 6.07) is 0. The molecule has 2 nitrogen and oxygen atoms in total. The zero-order valence-electron chi connectivity index (χ0n) is 13.4. The van der Waals surface area contributed by atoms with Crippen LogP contribution in [0.15, 0.2) is 0 Å².